The van der Waals surface area contributed by atoms with E-state index in [1.54, 1.807) is 16.9 Å². The highest BCUT2D eigenvalue weighted by Gasteiger charge is 2.22. The van der Waals surface area contributed by atoms with Crippen molar-refractivity contribution in [1.82, 2.24) is 9.78 Å². The number of para-hydroxylation sites is 1. The normalized spacial score (nSPS) is 10.4. The zero-order valence-electron chi connectivity index (χ0n) is 14.9. The summed E-state index contributed by atoms with van der Waals surface area (Å²) in [4.78, 5) is 24.3. The van der Waals surface area contributed by atoms with E-state index in [1.165, 1.54) is 19.2 Å². The number of ether oxygens (including phenoxy) is 1. The first-order chi connectivity index (χ1) is 13.0. The molecule has 3 aromatic rings. The van der Waals surface area contributed by atoms with Crippen LogP contribution < -0.4 is 4.90 Å². The van der Waals surface area contributed by atoms with Crippen molar-refractivity contribution in [2.45, 2.75) is 6.54 Å². The number of anilines is 1. The van der Waals surface area contributed by atoms with Gasteiger partial charge >= 0.3 is 5.97 Å². The van der Waals surface area contributed by atoms with Gasteiger partial charge in [0.05, 0.1) is 23.9 Å². The number of rotatable bonds is 6. The van der Waals surface area contributed by atoms with Gasteiger partial charge in [-0.15, -0.1) is 0 Å². The van der Waals surface area contributed by atoms with Crippen LogP contribution in [0.4, 0.5) is 11.4 Å². The standard InChI is InChI=1S/C19H18N4O4/c1-21(12-14-11-20-22(13-14)15-6-4-3-5-7-15)16-8-9-18(23(25)26)17(10-16)19(24)27-2/h3-11,13H,12H2,1-2H3. The number of hydrogen-bond donors (Lipinski definition) is 0. The average molecular weight is 366 g/mol. The van der Waals surface area contributed by atoms with Crippen molar-refractivity contribution < 1.29 is 14.5 Å². The van der Waals surface area contributed by atoms with Crippen LogP contribution in [0.2, 0.25) is 0 Å². The molecule has 27 heavy (non-hydrogen) atoms. The number of methoxy groups -OCH3 is 1. The van der Waals surface area contributed by atoms with E-state index in [1.807, 2.05) is 48.5 Å². The molecule has 138 valence electrons. The number of hydrogen-bond acceptors (Lipinski definition) is 6. The van der Waals surface area contributed by atoms with E-state index in [9.17, 15) is 14.9 Å². The smallest absolute Gasteiger partial charge is 0.344 e. The SMILES string of the molecule is COC(=O)c1cc(N(C)Cc2cnn(-c3ccccc3)c2)ccc1[N+](=O)[O-]. The van der Waals surface area contributed by atoms with Gasteiger partial charge in [0, 0.05) is 37.1 Å². The Morgan fingerprint density at radius 3 is 2.67 bits per heavy atom. The molecule has 0 fully saturated rings. The molecule has 0 atom stereocenters. The van der Waals surface area contributed by atoms with Gasteiger partial charge in [-0.1, -0.05) is 18.2 Å². The van der Waals surface area contributed by atoms with Gasteiger partial charge in [-0.2, -0.15) is 5.10 Å². The summed E-state index contributed by atoms with van der Waals surface area (Å²) < 4.78 is 6.43. The van der Waals surface area contributed by atoms with Crippen LogP contribution in [0.3, 0.4) is 0 Å². The van der Waals surface area contributed by atoms with E-state index in [-0.39, 0.29) is 11.3 Å². The fourth-order valence-electron chi connectivity index (χ4n) is 2.72. The van der Waals surface area contributed by atoms with Crippen molar-refractivity contribution in [3.63, 3.8) is 0 Å². The monoisotopic (exact) mass is 366 g/mol. The molecule has 0 spiro atoms. The van der Waals surface area contributed by atoms with Gasteiger partial charge in [-0.05, 0) is 24.3 Å². The van der Waals surface area contributed by atoms with Gasteiger partial charge in [0.25, 0.3) is 5.69 Å². The van der Waals surface area contributed by atoms with Gasteiger partial charge < -0.3 is 9.64 Å². The molecular formula is C19H18N4O4. The van der Waals surface area contributed by atoms with Crippen LogP contribution in [-0.4, -0.2) is 34.8 Å². The van der Waals surface area contributed by atoms with E-state index in [4.69, 9.17) is 0 Å². The lowest BCUT2D eigenvalue weighted by Crippen LogP contribution is -2.17. The predicted molar refractivity (Wildman–Crippen MR) is 100 cm³/mol. The van der Waals surface area contributed by atoms with Gasteiger partial charge in [-0.25, -0.2) is 9.48 Å². The number of carbonyl (C=O) groups excluding carboxylic acids is 1. The highest BCUT2D eigenvalue weighted by Crippen LogP contribution is 2.26. The zero-order chi connectivity index (χ0) is 19.4. The van der Waals surface area contributed by atoms with Gasteiger partial charge in [-0.3, -0.25) is 10.1 Å². The summed E-state index contributed by atoms with van der Waals surface area (Å²) in [7, 11) is 3.03. The molecule has 0 bridgehead atoms. The Balaban J connectivity index is 1.82. The molecule has 1 aromatic heterocycles. The van der Waals surface area contributed by atoms with Crippen LogP contribution in [0.15, 0.2) is 60.9 Å². The van der Waals surface area contributed by atoms with Crippen molar-refractivity contribution in [3.05, 3.63) is 82.2 Å². The minimum Gasteiger partial charge on any atom is -0.465 e. The molecule has 0 radical (unpaired) electrons. The van der Waals surface area contributed by atoms with E-state index in [0.717, 1.165) is 11.3 Å². The molecule has 8 nitrogen and oxygen atoms in total. The number of benzene rings is 2. The van der Waals surface area contributed by atoms with Crippen molar-refractivity contribution in [2.75, 3.05) is 19.1 Å². The van der Waals surface area contributed by atoms with E-state index in [0.29, 0.717) is 12.2 Å². The molecule has 0 aliphatic rings. The maximum Gasteiger partial charge on any atom is 0.344 e. The minimum absolute atomic E-state index is 0.0770. The molecule has 0 saturated carbocycles. The van der Waals surface area contributed by atoms with Crippen molar-refractivity contribution in [3.8, 4) is 5.69 Å². The molecule has 3 rings (SSSR count). The summed E-state index contributed by atoms with van der Waals surface area (Å²) in [6.07, 6.45) is 3.68. The minimum atomic E-state index is -0.742. The molecule has 1 heterocycles. The maximum absolute atomic E-state index is 11.9. The zero-order valence-corrected chi connectivity index (χ0v) is 14.9. The van der Waals surface area contributed by atoms with E-state index >= 15 is 0 Å². The van der Waals surface area contributed by atoms with Crippen LogP contribution >= 0.6 is 0 Å². The first-order valence-corrected chi connectivity index (χ1v) is 8.16. The maximum atomic E-state index is 11.9. The lowest BCUT2D eigenvalue weighted by Gasteiger charge is -2.19. The molecule has 0 unspecified atom stereocenters. The number of nitro groups is 1. The quantitative estimate of drug-likeness (QED) is 0.378. The predicted octanol–water partition coefficient (Wildman–Crippen LogP) is 3.20. The molecular weight excluding hydrogens is 348 g/mol. The summed E-state index contributed by atoms with van der Waals surface area (Å²) in [5.74, 6) is -0.742. The number of aromatic nitrogens is 2. The lowest BCUT2D eigenvalue weighted by molar-refractivity contribution is -0.385. The topological polar surface area (TPSA) is 90.5 Å². The van der Waals surface area contributed by atoms with E-state index < -0.39 is 10.9 Å². The largest absolute Gasteiger partial charge is 0.465 e. The fraction of sp³-hybridized carbons (Fsp3) is 0.158. The number of nitro benzene ring substituents is 1. The Morgan fingerprint density at radius 1 is 1.26 bits per heavy atom. The van der Waals surface area contributed by atoms with E-state index in [2.05, 4.69) is 9.84 Å². The molecule has 0 N–H and O–H groups in total. The van der Waals surface area contributed by atoms with Crippen molar-refractivity contribution in [2.24, 2.45) is 0 Å². The van der Waals surface area contributed by atoms with Crippen LogP contribution in [0, 0.1) is 10.1 Å². The van der Waals surface area contributed by atoms with Crippen LogP contribution in [0.5, 0.6) is 0 Å². The van der Waals surface area contributed by atoms with Crippen LogP contribution in [0.25, 0.3) is 5.69 Å². The Bertz CT molecular complexity index is 969. The van der Waals surface area contributed by atoms with Gasteiger partial charge in [0.1, 0.15) is 5.56 Å². The number of nitrogens with zero attached hydrogens (tertiary/aromatic N) is 4. The first kappa shape index (κ1) is 18.1. The second kappa shape index (κ2) is 7.69. The molecule has 8 heteroatoms. The Morgan fingerprint density at radius 2 is 2.00 bits per heavy atom. The molecule has 0 saturated heterocycles. The number of esters is 1. The molecule has 0 aliphatic heterocycles. The summed E-state index contributed by atoms with van der Waals surface area (Å²) >= 11 is 0. The molecule has 0 aliphatic carbocycles. The Hall–Kier alpha value is -3.68. The average Bonchev–Trinajstić information content (AvgIpc) is 3.16. The van der Waals surface area contributed by atoms with Crippen molar-refractivity contribution >= 4 is 17.3 Å². The lowest BCUT2D eigenvalue weighted by atomic mass is 10.1. The highest BCUT2D eigenvalue weighted by atomic mass is 16.6. The molecule has 2 aromatic carbocycles. The fourth-order valence-corrected chi connectivity index (χ4v) is 2.72. The van der Waals surface area contributed by atoms with Gasteiger partial charge in [0.15, 0.2) is 0 Å². The Labute approximate surface area is 155 Å². The summed E-state index contributed by atoms with van der Waals surface area (Å²) in [6.45, 7) is 0.519. The molecule has 0 amide bonds. The van der Waals surface area contributed by atoms with Crippen molar-refractivity contribution in [1.29, 1.82) is 0 Å². The highest BCUT2D eigenvalue weighted by molar-refractivity contribution is 5.95. The third-order valence-corrected chi connectivity index (χ3v) is 4.10. The summed E-state index contributed by atoms with van der Waals surface area (Å²) in [6, 6.07) is 14.1. The number of carbonyl (C=O) groups is 1. The third kappa shape index (κ3) is 3.95. The van der Waals surface area contributed by atoms with Crippen LogP contribution in [0.1, 0.15) is 15.9 Å². The second-order valence-electron chi connectivity index (χ2n) is 5.93. The Kier molecular flexibility index (Phi) is 5.16. The van der Waals surface area contributed by atoms with Crippen LogP contribution in [-0.2, 0) is 11.3 Å². The first-order valence-electron chi connectivity index (χ1n) is 8.16. The third-order valence-electron chi connectivity index (χ3n) is 4.10. The summed E-state index contributed by atoms with van der Waals surface area (Å²) in [5, 5.41) is 15.5. The summed E-state index contributed by atoms with van der Waals surface area (Å²) in [5.41, 5.74) is 2.21. The van der Waals surface area contributed by atoms with Gasteiger partial charge in [0.2, 0.25) is 0 Å². The second-order valence-corrected chi connectivity index (χ2v) is 5.93.